The Morgan fingerprint density at radius 1 is 0.565 bits per heavy atom. The van der Waals surface area contributed by atoms with Crippen LogP contribution in [0.1, 0.15) is 227 Å². The van der Waals surface area contributed by atoms with Crippen LogP contribution in [0.15, 0.2) is 36.5 Å². The second-order valence-electron chi connectivity index (χ2n) is 20.1. The van der Waals surface area contributed by atoms with E-state index in [2.05, 4.69) is 69.1 Å². The smallest absolute Gasteiger partial charge is 0.310 e. The monoisotopic (exact) mass is 970 g/mol. The Bertz CT molecular complexity index is 1430. The summed E-state index contributed by atoms with van der Waals surface area (Å²) >= 11 is 0. The summed E-state index contributed by atoms with van der Waals surface area (Å²) in [6.07, 6.45) is 39.6. The van der Waals surface area contributed by atoms with Crippen molar-refractivity contribution in [2.45, 2.75) is 239 Å². The van der Waals surface area contributed by atoms with Gasteiger partial charge in [0.25, 0.3) is 0 Å². The van der Waals surface area contributed by atoms with Crippen molar-refractivity contribution in [3.05, 3.63) is 36.5 Å². The molecular weight excluding hydrogens is 871 g/mol. The number of esters is 5. The molecule has 0 aromatic rings. The lowest BCUT2D eigenvalue weighted by Gasteiger charge is -2.25. The van der Waals surface area contributed by atoms with Crippen LogP contribution in [0.3, 0.4) is 0 Å². The van der Waals surface area contributed by atoms with Gasteiger partial charge < -0.3 is 28.6 Å². The number of hydrogen-bond acceptors (Lipinski definition) is 11. The molecule has 0 aromatic carbocycles. The van der Waals surface area contributed by atoms with E-state index in [1.165, 1.54) is 38.5 Å². The second-order valence-corrected chi connectivity index (χ2v) is 20.1. The topological polar surface area (TPSA) is 135 Å². The molecule has 11 nitrogen and oxygen atoms in total. The van der Waals surface area contributed by atoms with Crippen molar-refractivity contribution < 1.29 is 47.7 Å². The molecule has 2 fully saturated rings. The zero-order valence-electron chi connectivity index (χ0n) is 44.4. The number of allylic oxidation sites excluding steroid dienone is 6. The molecule has 0 bridgehead atoms. The van der Waals surface area contributed by atoms with Gasteiger partial charge in [0.05, 0.1) is 19.1 Å². The molecule has 2 rings (SSSR count). The van der Waals surface area contributed by atoms with Gasteiger partial charge in [-0.3, -0.25) is 24.0 Å². The molecule has 1 saturated heterocycles. The number of ether oxygens (including phenoxy) is 5. The Morgan fingerprint density at radius 3 is 1.75 bits per heavy atom. The van der Waals surface area contributed by atoms with Crippen molar-refractivity contribution in [1.29, 1.82) is 0 Å². The molecule has 396 valence electrons. The minimum Gasteiger partial charge on any atom is -0.465 e. The molecular formula is C58H99NO10. The van der Waals surface area contributed by atoms with Crippen LogP contribution in [-0.4, -0.2) is 86.9 Å². The fraction of sp³-hybridized carbons (Fsp3) is 0.810. The number of rotatable bonds is 42. The van der Waals surface area contributed by atoms with Crippen LogP contribution in [-0.2, 0) is 47.7 Å². The maximum absolute atomic E-state index is 13.5. The van der Waals surface area contributed by atoms with E-state index in [1.807, 2.05) is 7.05 Å². The van der Waals surface area contributed by atoms with E-state index in [9.17, 15) is 24.0 Å². The normalized spacial score (nSPS) is 19.0. The number of carbonyl (C=O) groups excluding carboxylic acids is 5. The Balaban J connectivity index is 1.94. The van der Waals surface area contributed by atoms with Crippen molar-refractivity contribution in [3.63, 3.8) is 0 Å². The second kappa shape index (κ2) is 41.2. The maximum atomic E-state index is 13.5. The van der Waals surface area contributed by atoms with Gasteiger partial charge in [-0.2, -0.15) is 0 Å². The number of likely N-dealkylation sites (tertiary alicyclic amines) is 1. The van der Waals surface area contributed by atoms with Gasteiger partial charge in [0, 0.05) is 44.1 Å². The first-order chi connectivity index (χ1) is 33.6. The highest BCUT2D eigenvalue weighted by Gasteiger charge is 2.40. The number of nitrogens with zero attached hydrogens (tertiary/aromatic N) is 1. The van der Waals surface area contributed by atoms with Crippen molar-refractivity contribution in [2.24, 2.45) is 23.7 Å². The zero-order valence-corrected chi connectivity index (χ0v) is 44.4. The van der Waals surface area contributed by atoms with Crippen molar-refractivity contribution in [1.82, 2.24) is 4.90 Å². The first-order valence-corrected chi connectivity index (χ1v) is 28.1. The molecule has 11 heteroatoms. The third-order valence-corrected chi connectivity index (χ3v) is 13.8. The van der Waals surface area contributed by atoms with Crippen LogP contribution < -0.4 is 0 Å². The molecule has 1 heterocycles. The van der Waals surface area contributed by atoms with Gasteiger partial charge in [-0.05, 0) is 122 Å². The molecule has 2 aliphatic rings. The summed E-state index contributed by atoms with van der Waals surface area (Å²) in [5, 5.41) is 0. The standard InChI is InChI=1S/C58H99NO10/c1-6-10-14-15-16-17-18-19-20-21-22-23-24-25-26-30-34-51(47-67-57(63)43-49-39-40-53(52(49)35-27-11-7-2)69-58(64)50-41-42-59(5)44-50)68-56(62)38-32-31-33-48(45-65-54(60)36-28-12-8-3)46-66-55(61)37-29-13-9-4/h11,16-17,19-20,27,48-53H,6-10,12-15,18,21-26,28-47H2,1-5H3/b17-16-,20-19-,27-11-. The van der Waals surface area contributed by atoms with Gasteiger partial charge in [-0.25, -0.2) is 0 Å². The van der Waals surface area contributed by atoms with E-state index in [0.29, 0.717) is 38.5 Å². The summed E-state index contributed by atoms with van der Waals surface area (Å²) < 4.78 is 29.2. The maximum Gasteiger partial charge on any atom is 0.310 e. The quantitative estimate of drug-likeness (QED) is 0.0250. The summed E-state index contributed by atoms with van der Waals surface area (Å²) in [6.45, 7) is 10.5. The fourth-order valence-electron chi connectivity index (χ4n) is 9.41. The SMILES string of the molecule is CC/C=C\CC1C(CC(=O)OCC(CCCCCCCC/C=C\C/C=C\CCCCC)OC(=O)CCCCC(COC(=O)CCCCC)COC(=O)CCCCC)CCC1OC(=O)C1CCN(C)C1. The highest BCUT2D eigenvalue weighted by molar-refractivity contribution is 5.73. The minimum absolute atomic E-state index is 0.0148. The van der Waals surface area contributed by atoms with Crippen LogP contribution in [0.4, 0.5) is 0 Å². The predicted octanol–water partition coefficient (Wildman–Crippen LogP) is 13.7. The van der Waals surface area contributed by atoms with Crippen molar-refractivity contribution >= 4 is 29.8 Å². The van der Waals surface area contributed by atoms with E-state index < -0.39 is 6.10 Å². The summed E-state index contributed by atoms with van der Waals surface area (Å²) in [5.74, 6) is -1.39. The van der Waals surface area contributed by atoms with Crippen molar-refractivity contribution in [2.75, 3.05) is 40.0 Å². The molecule has 0 amide bonds. The molecule has 0 radical (unpaired) electrons. The van der Waals surface area contributed by atoms with Crippen LogP contribution >= 0.6 is 0 Å². The Hall–Kier alpha value is -3.47. The zero-order chi connectivity index (χ0) is 50.2. The molecule has 0 N–H and O–H groups in total. The number of unbranched alkanes of at least 4 members (excludes halogenated alkanes) is 14. The fourth-order valence-corrected chi connectivity index (χ4v) is 9.41. The van der Waals surface area contributed by atoms with Gasteiger partial charge in [0.2, 0.25) is 0 Å². The van der Waals surface area contributed by atoms with Gasteiger partial charge in [-0.15, -0.1) is 0 Å². The summed E-state index contributed by atoms with van der Waals surface area (Å²) in [6, 6.07) is 0. The van der Waals surface area contributed by atoms with Crippen molar-refractivity contribution in [3.8, 4) is 0 Å². The van der Waals surface area contributed by atoms with Crippen LogP contribution in [0.25, 0.3) is 0 Å². The van der Waals surface area contributed by atoms with E-state index in [0.717, 1.165) is 122 Å². The average molecular weight is 970 g/mol. The first-order valence-electron chi connectivity index (χ1n) is 28.1. The highest BCUT2D eigenvalue weighted by atomic mass is 16.6. The lowest BCUT2D eigenvalue weighted by atomic mass is 9.88. The number of carbonyl (C=O) groups is 5. The predicted molar refractivity (Wildman–Crippen MR) is 277 cm³/mol. The van der Waals surface area contributed by atoms with Gasteiger partial charge in [0.1, 0.15) is 18.8 Å². The third-order valence-electron chi connectivity index (χ3n) is 13.8. The Labute approximate surface area is 420 Å². The minimum atomic E-state index is -0.538. The lowest BCUT2D eigenvalue weighted by Crippen LogP contribution is -2.30. The van der Waals surface area contributed by atoms with Crippen LogP contribution in [0.5, 0.6) is 0 Å². The molecule has 5 unspecified atom stereocenters. The molecule has 1 saturated carbocycles. The molecule has 1 aliphatic carbocycles. The van der Waals surface area contributed by atoms with E-state index in [4.69, 9.17) is 23.7 Å². The van der Waals surface area contributed by atoms with Gasteiger partial charge >= 0.3 is 29.8 Å². The van der Waals surface area contributed by atoms with Gasteiger partial charge in [-0.1, -0.05) is 135 Å². The molecule has 1 aliphatic heterocycles. The average Bonchev–Trinajstić information content (AvgIpc) is 3.94. The van der Waals surface area contributed by atoms with E-state index in [1.54, 1.807) is 0 Å². The Kier molecular flexibility index (Phi) is 36.8. The molecule has 0 aromatic heterocycles. The molecule has 69 heavy (non-hydrogen) atoms. The summed E-state index contributed by atoms with van der Waals surface area (Å²) in [4.78, 5) is 66.9. The number of hydrogen-bond donors (Lipinski definition) is 0. The van der Waals surface area contributed by atoms with Crippen LogP contribution in [0, 0.1) is 23.7 Å². The first kappa shape index (κ1) is 61.6. The largest absolute Gasteiger partial charge is 0.465 e. The van der Waals surface area contributed by atoms with E-state index >= 15 is 0 Å². The molecule has 5 atom stereocenters. The summed E-state index contributed by atoms with van der Waals surface area (Å²) in [7, 11) is 2.03. The summed E-state index contributed by atoms with van der Waals surface area (Å²) in [5.41, 5.74) is 0. The van der Waals surface area contributed by atoms with Gasteiger partial charge in [0.15, 0.2) is 0 Å². The molecule has 0 spiro atoms. The third kappa shape index (κ3) is 31.5. The Morgan fingerprint density at radius 2 is 1.13 bits per heavy atom. The van der Waals surface area contributed by atoms with Crippen LogP contribution in [0.2, 0.25) is 0 Å². The highest BCUT2D eigenvalue weighted by Crippen LogP contribution is 2.40. The van der Waals surface area contributed by atoms with E-state index in [-0.39, 0.29) is 92.3 Å². The lowest BCUT2D eigenvalue weighted by molar-refractivity contribution is -0.161.